The van der Waals surface area contributed by atoms with E-state index in [2.05, 4.69) is 19.6 Å². The quantitative estimate of drug-likeness (QED) is 0.640. The second kappa shape index (κ2) is 8.38. The van der Waals surface area contributed by atoms with Gasteiger partial charge in [-0.25, -0.2) is 0 Å². The number of hydrogen-bond donors (Lipinski definition) is 1. The summed E-state index contributed by atoms with van der Waals surface area (Å²) in [6.07, 6.45) is 0.834. The van der Waals surface area contributed by atoms with Crippen LogP contribution in [-0.2, 0) is 13.3 Å². The molecule has 0 saturated carbocycles. The molecule has 0 aliphatic rings. The van der Waals surface area contributed by atoms with Gasteiger partial charge in [0.15, 0.2) is 8.32 Å². The van der Waals surface area contributed by atoms with Gasteiger partial charge in [-0.15, -0.1) is 0 Å². The Morgan fingerprint density at radius 2 is 1.62 bits per heavy atom. The second-order valence-electron chi connectivity index (χ2n) is 4.63. The second-order valence-corrected chi connectivity index (χ2v) is 11.2. The molecule has 6 heteroatoms. The van der Waals surface area contributed by atoms with Crippen molar-refractivity contribution < 1.29 is 13.3 Å². The molecule has 0 aliphatic carbocycles. The highest BCUT2D eigenvalue weighted by Crippen LogP contribution is 2.14. The summed E-state index contributed by atoms with van der Waals surface area (Å²) in [4.78, 5) is 0. The average molecular weight is 266 g/mol. The van der Waals surface area contributed by atoms with Crippen LogP contribution < -0.4 is 5.73 Å². The molecule has 4 nitrogen and oxygen atoms in total. The van der Waals surface area contributed by atoms with Crippen molar-refractivity contribution in [3.8, 4) is 0 Å². The van der Waals surface area contributed by atoms with Crippen LogP contribution in [0.15, 0.2) is 0 Å². The Labute approximate surface area is 102 Å². The van der Waals surface area contributed by atoms with Gasteiger partial charge in [0.1, 0.15) is 0 Å². The summed E-state index contributed by atoms with van der Waals surface area (Å²) in [5, 5.41) is 0. The molecule has 0 aromatic carbocycles. The Morgan fingerprint density at radius 1 is 1.12 bits per heavy atom. The molecule has 1 unspecified atom stereocenters. The van der Waals surface area contributed by atoms with Crippen LogP contribution in [-0.4, -0.2) is 43.1 Å². The third-order valence-corrected chi connectivity index (χ3v) is 5.60. The maximum absolute atomic E-state index is 6.12. The Hall–Kier alpha value is 0.274. The minimum atomic E-state index is -1.73. The van der Waals surface area contributed by atoms with E-state index in [0.29, 0.717) is 19.8 Å². The summed E-state index contributed by atoms with van der Waals surface area (Å²) in [5.74, 6) is 0. The van der Waals surface area contributed by atoms with E-state index < -0.39 is 17.6 Å². The Balaban J connectivity index is 4.42. The molecular weight excluding hydrogens is 238 g/mol. The zero-order chi connectivity index (χ0) is 12.6. The topological polar surface area (TPSA) is 53.7 Å². The fourth-order valence-corrected chi connectivity index (χ4v) is 5.80. The molecule has 0 heterocycles. The minimum Gasteiger partial charge on any atom is -0.413 e. The number of nitrogens with two attached hydrogens (primary N) is 1. The maximum Gasteiger partial charge on any atom is 0.350 e. The molecule has 0 aromatic heterocycles. The van der Waals surface area contributed by atoms with Crippen LogP contribution in [0.25, 0.3) is 0 Å². The van der Waals surface area contributed by atoms with Gasteiger partial charge in [-0.3, -0.25) is 0 Å². The molecule has 0 fully saturated rings. The highest BCUT2D eigenvalue weighted by Gasteiger charge is 2.30. The van der Waals surface area contributed by atoms with Crippen molar-refractivity contribution in [1.29, 1.82) is 0 Å². The van der Waals surface area contributed by atoms with Crippen LogP contribution in [0.3, 0.4) is 0 Å². The lowest BCUT2D eigenvalue weighted by atomic mass is 10.5. The first-order chi connectivity index (χ1) is 7.44. The van der Waals surface area contributed by atoms with E-state index in [1.807, 2.05) is 13.8 Å². The lowest BCUT2D eigenvalue weighted by Gasteiger charge is -2.30. The first-order valence-electron chi connectivity index (χ1n) is 6.05. The molecule has 0 saturated heterocycles. The SMILES string of the molecule is CCO[SiH](OCC)C(CCN)O[Si](C)(C)C. The third kappa shape index (κ3) is 7.53. The van der Waals surface area contributed by atoms with Crippen molar-refractivity contribution in [1.82, 2.24) is 0 Å². The summed E-state index contributed by atoms with van der Waals surface area (Å²) in [7, 11) is -3.29. The van der Waals surface area contributed by atoms with Gasteiger partial charge in [-0.1, -0.05) is 0 Å². The van der Waals surface area contributed by atoms with E-state index >= 15 is 0 Å². The molecule has 1 atom stereocenters. The van der Waals surface area contributed by atoms with Crippen LogP contribution in [0, 0.1) is 0 Å². The lowest BCUT2D eigenvalue weighted by molar-refractivity contribution is 0.143. The van der Waals surface area contributed by atoms with Gasteiger partial charge < -0.3 is 19.0 Å². The molecule has 0 aromatic rings. The van der Waals surface area contributed by atoms with Gasteiger partial charge in [-0.05, 0) is 46.5 Å². The van der Waals surface area contributed by atoms with Crippen molar-refractivity contribution in [3.63, 3.8) is 0 Å². The maximum atomic E-state index is 6.12. The summed E-state index contributed by atoms with van der Waals surface area (Å²) in [6, 6.07) is 0. The number of hydrogen-bond acceptors (Lipinski definition) is 4. The van der Waals surface area contributed by atoms with Crippen LogP contribution in [0.5, 0.6) is 0 Å². The Morgan fingerprint density at radius 3 is 1.94 bits per heavy atom. The van der Waals surface area contributed by atoms with Gasteiger partial charge in [0.05, 0.1) is 5.73 Å². The normalized spacial score (nSPS) is 14.4. The standard InChI is InChI=1S/C10H27NO3Si2/c1-6-12-15(13-7-2)10(8-9-11)14-16(3,4)5/h10,15H,6-9,11H2,1-5H3. The highest BCUT2D eigenvalue weighted by molar-refractivity contribution is 6.70. The molecular formula is C10H27NO3Si2. The van der Waals surface area contributed by atoms with Crippen LogP contribution in [0.1, 0.15) is 20.3 Å². The molecule has 0 amide bonds. The molecule has 2 N–H and O–H groups in total. The van der Waals surface area contributed by atoms with Gasteiger partial charge >= 0.3 is 9.28 Å². The zero-order valence-electron chi connectivity index (χ0n) is 11.3. The van der Waals surface area contributed by atoms with Crippen molar-refractivity contribution in [2.24, 2.45) is 5.73 Å². The van der Waals surface area contributed by atoms with E-state index in [0.717, 1.165) is 6.42 Å². The van der Waals surface area contributed by atoms with Crippen molar-refractivity contribution in [3.05, 3.63) is 0 Å². The van der Waals surface area contributed by atoms with Gasteiger partial charge in [0.25, 0.3) is 0 Å². The summed E-state index contributed by atoms with van der Waals surface area (Å²) >= 11 is 0. The molecule has 0 radical (unpaired) electrons. The van der Waals surface area contributed by atoms with Gasteiger partial charge in [-0.2, -0.15) is 0 Å². The molecule has 0 bridgehead atoms. The first-order valence-corrected chi connectivity index (χ1v) is 11.1. The first kappa shape index (κ1) is 16.3. The lowest BCUT2D eigenvalue weighted by Crippen LogP contribution is -2.46. The average Bonchev–Trinajstić information content (AvgIpc) is 2.15. The van der Waals surface area contributed by atoms with Gasteiger partial charge in [0, 0.05) is 13.2 Å². The fourth-order valence-electron chi connectivity index (χ4n) is 1.46. The van der Waals surface area contributed by atoms with E-state index in [1.165, 1.54) is 0 Å². The van der Waals surface area contributed by atoms with E-state index in [4.69, 9.17) is 19.0 Å². The van der Waals surface area contributed by atoms with Crippen LogP contribution in [0.2, 0.25) is 19.6 Å². The molecule has 98 valence electrons. The van der Waals surface area contributed by atoms with Crippen LogP contribution >= 0.6 is 0 Å². The minimum absolute atomic E-state index is 0.0940. The largest absolute Gasteiger partial charge is 0.413 e. The summed E-state index contributed by atoms with van der Waals surface area (Å²) in [5.41, 5.74) is 5.72. The van der Waals surface area contributed by atoms with E-state index in [1.54, 1.807) is 0 Å². The molecule has 0 rings (SSSR count). The van der Waals surface area contributed by atoms with Crippen molar-refractivity contribution in [2.75, 3.05) is 19.8 Å². The smallest absolute Gasteiger partial charge is 0.350 e. The monoisotopic (exact) mass is 265 g/mol. The molecule has 0 spiro atoms. The van der Waals surface area contributed by atoms with E-state index in [-0.39, 0.29) is 5.73 Å². The third-order valence-electron chi connectivity index (χ3n) is 1.92. The predicted octanol–water partition coefficient (Wildman–Crippen LogP) is 1.39. The van der Waals surface area contributed by atoms with E-state index in [9.17, 15) is 0 Å². The summed E-state index contributed by atoms with van der Waals surface area (Å²) in [6.45, 7) is 12.5. The van der Waals surface area contributed by atoms with Gasteiger partial charge in [0.2, 0.25) is 0 Å². The van der Waals surface area contributed by atoms with Crippen LogP contribution in [0.4, 0.5) is 0 Å². The highest BCUT2D eigenvalue weighted by atomic mass is 28.4. The van der Waals surface area contributed by atoms with Crippen molar-refractivity contribution in [2.45, 2.75) is 45.6 Å². The predicted molar refractivity (Wildman–Crippen MR) is 72.3 cm³/mol. The molecule has 16 heavy (non-hydrogen) atoms. The Kier molecular flexibility index (Phi) is 8.52. The van der Waals surface area contributed by atoms with Crippen molar-refractivity contribution >= 4 is 17.6 Å². The molecule has 0 aliphatic heterocycles. The fraction of sp³-hybridized carbons (Fsp3) is 1.00. The summed E-state index contributed by atoms with van der Waals surface area (Å²) < 4.78 is 17.5. The Bertz CT molecular complexity index is 170. The number of rotatable bonds is 9. The zero-order valence-corrected chi connectivity index (χ0v) is 13.4.